The standard InChI is InChI=1S/C27H35N3O4/c1-3-34-24-7-5-4-6-23(24)29-16-18-30(19-17-29)26(32)13-15-27(14-12-25(31)28-27)20-21-8-10-22(33-2)11-9-21/h4-11H,3,12-20H2,1-2H3,(H,28,31). The Morgan fingerprint density at radius 2 is 1.79 bits per heavy atom. The van der Waals surface area contributed by atoms with Gasteiger partial charge in [0.05, 0.1) is 19.4 Å². The molecule has 4 rings (SSSR count). The largest absolute Gasteiger partial charge is 0.497 e. The molecule has 2 heterocycles. The topological polar surface area (TPSA) is 71.1 Å². The lowest BCUT2D eigenvalue weighted by Gasteiger charge is -2.37. The van der Waals surface area contributed by atoms with Gasteiger partial charge < -0.3 is 24.6 Å². The van der Waals surface area contributed by atoms with Crippen LogP contribution in [-0.4, -0.2) is 62.1 Å². The lowest BCUT2D eigenvalue weighted by molar-refractivity contribution is -0.132. The SMILES string of the molecule is CCOc1ccccc1N1CCN(C(=O)CCC2(Cc3ccc(OC)cc3)CCC(=O)N2)CC1. The molecular weight excluding hydrogens is 430 g/mol. The third-order valence-electron chi connectivity index (χ3n) is 6.89. The molecule has 7 heteroatoms. The number of methoxy groups -OCH3 is 1. The molecule has 7 nitrogen and oxygen atoms in total. The fraction of sp³-hybridized carbons (Fsp3) is 0.481. The number of ether oxygens (including phenoxy) is 2. The number of carbonyl (C=O) groups is 2. The van der Waals surface area contributed by atoms with Crippen molar-refractivity contribution in [2.75, 3.05) is 44.8 Å². The first-order valence-corrected chi connectivity index (χ1v) is 12.2. The first-order chi connectivity index (χ1) is 16.5. The normalized spacial score (nSPS) is 20.2. The average molecular weight is 466 g/mol. The minimum absolute atomic E-state index is 0.0718. The molecule has 2 fully saturated rings. The van der Waals surface area contributed by atoms with Gasteiger partial charge in [-0.1, -0.05) is 24.3 Å². The average Bonchev–Trinajstić information content (AvgIpc) is 3.24. The van der Waals surface area contributed by atoms with Gasteiger partial charge in [0.25, 0.3) is 0 Å². The molecule has 0 spiro atoms. The Morgan fingerprint density at radius 3 is 2.44 bits per heavy atom. The van der Waals surface area contributed by atoms with Crippen LogP contribution < -0.4 is 19.7 Å². The summed E-state index contributed by atoms with van der Waals surface area (Å²) in [6.07, 6.45) is 3.08. The Kier molecular flexibility index (Phi) is 7.60. The van der Waals surface area contributed by atoms with E-state index in [9.17, 15) is 9.59 Å². The van der Waals surface area contributed by atoms with E-state index in [4.69, 9.17) is 9.47 Å². The van der Waals surface area contributed by atoms with Crippen molar-refractivity contribution in [1.29, 1.82) is 0 Å². The van der Waals surface area contributed by atoms with Gasteiger partial charge in [0.2, 0.25) is 11.8 Å². The molecule has 0 saturated carbocycles. The molecule has 0 bridgehead atoms. The van der Waals surface area contributed by atoms with Crippen molar-refractivity contribution >= 4 is 17.5 Å². The van der Waals surface area contributed by atoms with Crippen molar-refractivity contribution in [3.8, 4) is 11.5 Å². The van der Waals surface area contributed by atoms with E-state index in [1.54, 1.807) is 7.11 Å². The molecule has 2 aromatic carbocycles. The number of carbonyl (C=O) groups excluding carboxylic acids is 2. The maximum atomic E-state index is 13.1. The molecule has 0 aliphatic carbocycles. The van der Waals surface area contributed by atoms with Crippen LogP contribution >= 0.6 is 0 Å². The Hall–Kier alpha value is -3.22. The number of anilines is 1. The van der Waals surface area contributed by atoms with E-state index in [0.717, 1.165) is 48.7 Å². The van der Waals surface area contributed by atoms with E-state index in [-0.39, 0.29) is 17.4 Å². The number of amides is 2. The summed E-state index contributed by atoms with van der Waals surface area (Å²) in [5.74, 6) is 1.93. The van der Waals surface area contributed by atoms with Gasteiger partial charge in [-0.3, -0.25) is 9.59 Å². The first-order valence-electron chi connectivity index (χ1n) is 12.2. The summed E-state index contributed by atoms with van der Waals surface area (Å²) in [6.45, 7) is 5.56. The number of nitrogens with one attached hydrogen (secondary N) is 1. The summed E-state index contributed by atoms with van der Waals surface area (Å²) in [4.78, 5) is 29.4. The van der Waals surface area contributed by atoms with Gasteiger partial charge in [-0.05, 0) is 56.0 Å². The molecule has 0 aromatic heterocycles. The molecule has 2 amide bonds. The van der Waals surface area contributed by atoms with Gasteiger partial charge in [0.15, 0.2) is 0 Å². The van der Waals surface area contributed by atoms with Gasteiger partial charge in [-0.15, -0.1) is 0 Å². The lowest BCUT2D eigenvalue weighted by atomic mass is 9.85. The first kappa shape index (κ1) is 23.9. The molecule has 2 aliphatic heterocycles. The van der Waals surface area contributed by atoms with E-state index < -0.39 is 0 Å². The van der Waals surface area contributed by atoms with Crippen molar-refractivity contribution in [1.82, 2.24) is 10.2 Å². The predicted molar refractivity (Wildman–Crippen MR) is 132 cm³/mol. The molecule has 2 aliphatic rings. The zero-order valence-corrected chi connectivity index (χ0v) is 20.2. The summed E-state index contributed by atoms with van der Waals surface area (Å²) in [7, 11) is 1.65. The Balaban J connectivity index is 1.33. The predicted octanol–water partition coefficient (Wildman–Crippen LogP) is 3.41. The van der Waals surface area contributed by atoms with Gasteiger partial charge in [-0.25, -0.2) is 0 Å². The fourth-order valence-corrected chi connectivity index (χ4v) is 5.01. The highest BCUT2D eigenvalue weighted by Gasteiger charge is 2.38. The van der Waals surface area contributed by atoms with Crippen LogP contribution in [0.15, 0.2) is 48.5 Å². The van der Waals surface area contributed by atoms with Crippen LogP contribution in [0.3, 0.4) is 0 Å². The van der Waals surface area contributed by atoms with E-state index in [2.05, 4.69) is 16.3 Å². The molecule has 2 saturated heterocycles. The lowest BCUT2D eigenvalue weighted by Crippen LogP contribution is -2.50. The summed E-state index contributed by atoms with van der Waals surface area (Å²) in [5.41, 5.74) is 1.86. The van der Waals surface area contributed by atoms with Crippen molar-refractivity contribution in [3.63, 3.8) is 0 Å². The Morgan fingerprint density at radius 1 is 1.06 bits per heavy atom. The number of rotatable bonds is 9. The molecule has 1 N–H and O–H groups in total. The van der Waals surface area contributed by atoms with Crippen LogP contribution in [0.2, 0.25) is 0 Å². The summed E-state index contributed by atoms with van der Waals surface area (Å²) >= 11 is 0. The second kappa shape index (κ2) is 10.8. The Labute approximate surface area is 202 Å². The van der Waals surface area contributed by atoms with Crippen LogP contribution in [0.25, 0.3) is 0 Å². The van der Waals surface area contributed by atoms with E-state index in [1.807, 2.05) is 54.3 Å². The van der Waals surface area contributed by atoms with Crippen molar-refractivity contribution < 1.29 is 19.1 Å². The molecule has 182 valence electrons. The minimum Gasteiger partial charge on any atom is -0.497 e. The van der Waals surface area contributed by atoms with Crippen LogP contribution in [0.4, 0.5) is 5.69 Å². The number of hydrogen-bond acceptors (Lipinski definition) is 5. The van der Waals surface area contributed by atoms with Gasteiger partial charge in [-0.2, -0.15) is 0 Å². The summed E-state index contributed by atoms with van der Waals surface area (Å²) in [5, 5.41) is 3.19. The van der Waals surface area contributed by atoms with E-state index in [0.29, 0.717) is 39.0 Å². The minimum atomic E-state index is -0.362. The highest BCUT2D eigenvalue weighted by atomic mass is 16.5. The van der Waals surface area contributed by atoms with Gasteiger partial charge in [0.1, 0.15) is 11.5 Å². The highest BCUT2D eigenvalue weighted by Crippen LogP contribution is 2.31. The molecule has 1 unspecified atom stereocenters. The van der Waals surface area contributed by atoms with Crippen molar-refractivity contribution in [2.24, 2.45) is 0 Å². The smallest absolute Gasteiger partial charge is 0.222 e. The number of para-hydroxylation sites is 2. The van der Waals surface area contributed by atoms with Crippen molar-refractivity contribution in [3.05, 3.63) is 54.1 Å². The quantitative estimate of drug-likeness (QED) is 0.615. The van der Waals surface area contributed by atoms with Crippen LogP contribution in [0.5, 0.6) is 11.5 Å². The monoisotopic (exact) mass is 465 g/mol. The molecule has 1 atom stereocenters. The van der Waals surface area contributed by atoms with E-state index >= 15 is 0 Å². The van der Waals surface area contributed by atoms with Crippen LogP contribution in [-0.2, 0) is 16.0 Å². The zero-order valence-electron chi connectivity index (χ0n) is 20.2. The zero-order chi connectivity index (χ0) is 24.0. The second-order valence-electron chi connectivity index (χ2n) is 9.12. The van der Waals surface area contributed by atoms with Crippen LogP contribution in [0.1, 0.15) is 38.2 Å². The fourth-order valence-electron chi connectivity index (χ4n) is 5.01. The van der Waals surface area contributed by atoms with Crippen molar-refractivity contribution in [2.45, 2.75) is 44.6 Å². The van der Waals surface area contributed by atoms with Gasteiger partial charge >= 0.3 is 0 Å². The number of nitrogens with zero attached hydrogens (tertiary/aromatic N) is 2. The number of piperazine rings is 1. The van der Waals surface area contributed by atoms with Gasteiger partial charge in [0, 0.05) is 44.6 Å². The molecule has 34 heavy (non-hydrogen) atoms. The second-order valence-corrected chi connectivity index (χ2v) is 9.12. The number of benzene rings is 2. The number of hydrogen-bond donors (Lipinski definition) is 1. The molecule has 2 aromatic rings. The maximum absolute atomic E-state index is 13.1. The highest BCUT2D eigenvalue weighted by molar-refractivity contribution is 5.80. The third-order valence-corrected chi connectivity index (χ3v) is 6.89. The summed E-state index contributed by atoms with van der Waals surface area (Å²) in [6, 6.07) is 16.0. The third kappa shape index (κ3) is 5.64. The maximum Gasteiger partial charge on any atom is 0.222 e. The molecule has 0 radical (unpaired) electrons. The molecular formula is C27H35N3O4. The van der Waals surface area contributed by atoms with E-state index in [1.165, 1.54) is 0 Å². The van der Waals surface area contributed by atoms with Crippen LogP contribution in [0, 0.1) is 0 Å². The summed E-state index contributed by atoms with van der Waals surface area (Å²) < 4.78 is 11.0. The Bertz CT molecular complexity index is 986.